The SMILES string of the molecule is CC(C)(C)OC(=O)[C@@H]1CNC[C@H]1F. The number of nitrogens with one attached hydrogen (secondary N) is 1. The van der Waals surface area contributed by atoms with Gasteiger partial charge in [0.1, 0.15) is 17.7 Å². The molecule has 1 fully saturated rings. The van der Waals surface area contributed by atoms with Crippen LogP contribution in [0.25, 0.3) is 0 Å². The third-order valence-corrected chi connectivity index (χ3v) is 1.85. The highest BCUT2D eigenvalue weighted by atomic mass is 19.1. The number of carbonyl (C=O) groups is 1. The van der Waals surface area contributed by atoms with Crippen LogP contribution in [0.15, 0.2) is 0 Å². The first-order valence-electron chi connectivity index (χ1n) is 4.48. The molecule has 1 N–H and O–H groups in total. The van der Waals surface area contributed by atoms with Gasteiger partial charge >= 0.3 is 5.97 Å². The van der Waals surface area contributed by atoms with Crippen molar-refractivity contribution in [2.24, 2.45) is 5.92 Å². The molecule has 1 rings (SSSR count). The molecule has 76 valence electrons. The highest BCUT2D eigenvalue weighted by Gasteiger charge is 2.35. The van der Waals surface area contributed by atoms with Gasteiger partial charge in [-0.1, -0.05) is 0 Å². The molecule has 1 heterocycles. The molecule has 1 aliphatic heterocycles. The number of halogens is 1. The third kappa shape index (κ3) is 2.95. The fourth-order valence-electron chi connectivity index (χ4n) is 1.26. The van der Waals surface area contributed by atoms with Gasteiger partial charge in [-0.3, -0.25) is 4.79 Å². The van der Waals surface area contributed by atoms with Crippen LogP contribution in [0, 0.1) is 5.92 Å². The van der Waals surface area contributed by atoms with Crippen LogP contribution in [0.3, 0.4) is 0 Å². The molecule has 0 saturated carbocycles. The van der Waals surface area contributed by atoms with E-state index in [4.69, 9.17) is 4.74 Å². The Balaban J connectivity index is 2.48. The van der Waals surface area contributed by atoms with Gasteiger partial charge in [-0.05, 0) is 20.8 Å². The summed E-state index contributed by atoms with van der Waals surface area (Å²) in [6.07, 6.45) is -1.10. The molecule has 0 unspecified atom stereocenters. The summed E-state index contributed by atoms with van der Waals surface area (Å²) in [5.74, 6) is -1.07. The zero-order valence-corrected chi connectivity index (χ0v) is 8.26. The zero-order chi connectivity index (χ0) is 10.1. The number of alkyl halides is 1. The highest BCUT2D eigenvalue weighted by molar-refractivity contribution is 5.74. The fraction of sp³-hybridized carbons (Fsp3) is 0.889. The molecule has 0 bridgehead atoms. The maximum Gasteiger partial charge on any atom is 0.313 e. The lowest BCUT2D eigenvalue weighted by molar-refractivity contribution is -0.160. The molecule has 0 aliphatic carbocycles. The van der Waals surface area contributed by atoms with E-state index in [1.165, 1.54) is 0 Å². The van der Waals surface area contributed by atoms with Crippen LogP contribution in [0.5, 0.6) is 0 Å². The largest absolute Gasteiger partial charge is 0.460 e. The van der Waals surface area contributed by atoms with Crippen molar-refractivity contribution >= 4 is 5.97 Å². The summed E-state index contributed by atoms with van der Waals surface area (Å²) in [5, 5.41) is 2.81. The van der Waals surface area contributed by atoms with Gasteiger partial charge in [0, 0.05) is 13.1 Å². The van der Waals surface area contributed by atoms with E-state index in [9.17, 15) is 9.18 Å². The summed E-state index contributed by atoms with van der Waals surface area (Å²) in [6, 6.07) is 0. The second-order valence-electron chi connectivity index (χ2n) is 4.31. The Kier molecular flexibility index (Phi) is 2.91. The summed E-state index contributed by atoms with van der Waals surface area (Å²) in [6.45, 7) is 5.97. The maximum absolute atomic E-state index is 13.1. The van der Waals surface area contributed by atoms with E-state index in [0.717, 1.165) is 0 Å². The smallest absolute Gasteiger partial charge is 0.313 e. The predicted octanol–water partition coefficient (Wildman–Crippen LogP) is 0.886. The van der Waals surface area contributed by atoms with E-state index in [2.05, 4.69) is 5.32 Å². The Hall–Kier alpha value is -0.640. The van der Waals surface area contributed by atoms with E-state index < -0.39 is 23.7 Å². The number of esters is 1. The fourth-order valence-corrected chi connectivity index (χ4v) is 1.26. The molecule has 1 saturated heterocycles. The first kappa shape index (κ1) is 10.4. The quantitative estimate of drug-likeness (QED) is 0.622. The molecule has 3 nitrogen and oxygen atoms in total. The van der Waals surface area contributed by atoms with Crippen molar-refractivity contribution in [2.45, 2.75) is 32.5 Å². The standard InChI is InChI=1S/C9H16FNO2/c1-9(2,3)13-8(12)6-4-11-5-7(6)10/h6-7,11H,4-5H2,1-3H3/t6-,7-/m1/s1. The second kappa shape index (κ2) is 3.62. The summed E-state index contributed by atoms with van der Waals surface area (Å²) < 4.78 is 18.1. The molecule has 4 heteroatoms. The van der Waals surface area contributed by atoms with Crippen molar-refractivity contribution in [3.8, 4) is 0 Å². The number of ether oxygens (including phenoxy) is 1. The van der Waals surface area contributed by atoms with Gasteiger partial charge in [0.2, 0.25) is 0 Å². The van der Waals surface area contributed by atoms with Crippen LogP contribution in [0.4, 0.5) is 4.39 Å². The van der Waals surface area contributed by atoms with E-state index in [0.29, 0.717) is 6.54 Å². The lowest BCUT2D eigenvalue weighted by atomic mass is 10.1. The van der Waals surface area contributed by atoms with Crippen molar-refractivity contribution in [1.82, 2.24) is 5.32 Å². The Morgan fingerprint density at radius 3 is 2.46 bits per heavy atom. The van der Waals surface area contributed by atoms with Gasteiger partial charge in [-0.25, -0.2) is 4.39 Å². The molecule has 13 heavy (non-hydrogen) atoms. The van der Waals surface area contributed by atoms with E-state index in [1.54, 1.807) is 20.8 Å². The summed E-state index contributed by atoms with van der Waals surface area (Å²) in [5.41, 5.74) is -0.528. The van der Waals surface area contributed by atoms with Crippen molar-refractivity contribution in [1.29, 1.82) is 0 Å². The average molecular weight is 189 g/mol. The Bertz CT molecular complexity index is 200. The van der Waals surface area contributed by atoms with Gasteiger partial charge in [0.05, 0.1) is 0 Å². The summed E-state index contributed by atoms with van der Waals surface area (Å²) >= 11 is 0. The lowest BCUT2D eigenvalue weighted by Crippen LogP contribution is -2.32. The van der Waals surface area contributed by atoms with Crippen LogP contribution >= 0.6 is 0 Å². The van der Waals surface area contributed by atoms with Crippen LogP contribution in [-0.4, -0.2) is 30.8 Å². The second-order valence-corrected chi connectivity index (χ2v) is 4.31. The Morgan fingerprint density at radius 2 is 2.08 bits per heavy atom. The van der Waals surface area contributed by atoms with Crippen LogP contribution in [0.2, 0.25) is 0 Å². The molecule has 0 aromatic rings. The maximum atomic E-state index is 13.1. The number of carbonyl (C=O) groups excluding carboxylic acids is 1. The van der Waals surface area contributed by atoms with Crippen LogP contribution in [0.1, 0.15) is 20.8 Å². The minimum atomic E-state index is -1.10. The molecular formula is C9H16FNO2. The van der Waals surface area contributed by atoms with Gasteiger partial charge in [-0.2, -0.15) is 0 Å². The van der Waals surface area contributed by atoms with Crippen molar-refractivity contribution < 1.29 is 13.9 Å². The summed E-state index contributed by atoms with van der Waals surface area (Å²) in [7, 11) is 0. The lowest BCUT2D eigenvalue weighted by Gasteiger charge is -2.22. The van der Waals surface area contributed by atoms with Gasteiger partial charge in [0.15, 0.2) is 0 Å². The zero-order valence-electron chi connectivity index (χ0n) is 8.26. The minimum absolute atomic E-state index is 0.254. The van der Waals surface area contributed by atoms with Crippen LogP contribution < -0.4 is 5.32 Å². The first-order valence-corrected chi connectivity index (χ1v) is 4.48. The molecule has 0 aromatic heterocycles. The Labute approximate surface area is 77.6 Å². The number of hydrogen-bond donors (Lipinski definition) is 1. The van der Waals surface area contributed by atoms with E-state index in [-0.39, 0.29) is 6.54 Å². The molecule has 2 atom stereocenters. The predicted molar refractivity (Wildman–Crippen MR) is 47.1 cm³/mol. The van der Waals surface area contributed by atoms with Gasteiger partial charge in [-0.15, -0.1) is 0 Å². The van der Waals surface area contributed by atoms with Gasteiger partial charge in [0.25, 0.3) is 0 Å². The van der Waals surface area contributed by atoms with Crippen molar-refractivity contribution in [3.63, 3.8) is 0 Å². The molecular weight excluding hydrogens is 173 g/mol. The molecule has 0 radical (unpaired) electrons. The van der Waals surface area contributed by atoms with Crippen LogP contribution in [-0.2, 0) is 9.53 Å². The van der Waals surface area contributed by atoms with E-state index in [1.807, 2.05) is 0 Å². The molecule has 0 amide bonds. The normalized spacial score (nSPS) is 28.9. The number of rotatable bonds is 1. The molecule has 0 spiro atoms. The Morgan fingerprint density at radius 1 is 1.46 bits per heavy atom. The van der Waals surface area contributed by atoms with E-state index >= 15 is 0 Å². The summed E-state index contributed by atoms with van der Waals surface area (Å²) in [4.78, 5) is 11.4. The first-order chi connectivity index (χ1) is 5.90. The van der Waals surface area contributed by atoms with Gasteiger partial charge < -0.3 is 10.1 Å². The highest BCUT2D eigenvalue weighted by Crippen LogP contribution is 2.18. The molecule has 1 aliphatic rings. The minimum Gasteiger partial charge on any atom is -0.460 e. The van der Waals surface area contributed by atoms with Crippen molar-refractivity contribution in [3.05, 3.63) is 0 Å². The topological polar surface area (TPSA) is 38.3 Å². The number of hydrogen-bond acceptors (Lipinski definition) is 3. The average Bonchev–Trinajstić information content (AvgIpc) is 2.30. The van der Waals surface area contributed by atoms with Crippen molar-refractivity contribution in [2.75, 3.05) is 13.1 Å². The monoisotopic (exact) mass is 189 g/mol. The third-order valence-electron chi connectivity index (χ3n) is 1.85. The molecule has 0 aromatic carbocycles.